The van der Waals surface area contributed by atoms with Gasteiger partial charge in [-0.15, -0.1) is 0 Å². The van der Waals surface area contributed by atoms with Crippen molar-refractivity contribution in [3.8, 4) is 6.07 Å². The zero-order chi connectivity index (χ0) is 12.7. The van der Waals surface area contributed by atoms with E-state index in [9.17, 15) is 0 Å². The van der Waals surface area contributed by atoms with Gasteiger partial charge in [-0.3, -0.25) is 5.01 Å². The quantitative estimate of drug-likeness (QED) is 0.652. The Labute approximate surface area is 107 Å². The minimum absolute atomic E-state index is 0.439. The molecule has 1 aromatic rings. The van der Waals surface area contributed by atoms with E-state index in [0.717, 1.165) is 5.69 Å². The minimum Gasteiger partial charge on any atom is -0.332 e. The summed E-state index contributed by atoms with van der Waals surface area (Å²) in [4.78, 5) is 0. The van der Waals surface area contributed by atoms with E-state index in [-0.39, 0.29) is 0 Å². The molecule has 4 nitrogen and oxygen atoms in total. The molecule has 90 valence electrons. The number of para-hydroxylation sites is 1. The molecule has 0 amide bonds. The Kier molecular flexibility index (Phi) is 5.40. The normalized spacial score (nSPS) is 9.76. The fraction of sp³-hybridized carbons (Fsp3) is 0.333. The molecule has 5 heteroatoms. The highest BCUT2D eigenvalue weighted by molar-refractivity contribution is 7.80. The topological polar surface area (TPSA) is 42.3 Å². The van der Waals surface area contributed by atoms with Gasteiger partial charge in [0.1, 0.15) is 0 Å². The maximum Gasteiger partial charge on any atom is 0.188 e. The number of benzene rings is 1. The van der Waals surface area contributed by atoms with Crippen LogP contribution in [0.15, 0.2) is 30.3 Å². The third kappa shape index (κ3) is 4.39. The fourth-order valence-corrected chi connectivity index (χ4v) is 1.72. The number of nitrogens with one attached hydrogen (secondary N) is 1. The van der Waals surface area contributed by atoms with Crippen molar-refractivity contribution in [2.24, 2.45) is 0 Å². The summed E-state index contributed by atoms with van der Waals surface area (Å²) in [5.74, 6) is 0. The summed E-state index contributed by atoms with van der Waals surface area (Å²) < 4.78 is 0. The number of hydrogen-bond acceptors (Lipinski definition) is 3. The maximum absolute atomic E-state index is 8.61. The zero-order valence-corrected chi connectivity index (χ0v) is 10.9. The van der Waals surface area contributed by atoms with Crippen molar-refractivity contribution >= 4 is 23.0 Å². The highest BCUT2D eigenvalue weighted by Gasteiger charge is 2.11. The van der Waals surface area contributed by atoms with Gasteiger partial charge in [0.15, 0.2) is 5.11 Å². The largest absolute Gasteiger partial charge is 0.332 e. The first-order chi connectivity index (χ1) is 8.15. The molecular formula is C12H16N4S. The van der Waals surface area contributed by atoms with Crippen LogP contribution in [-0.2, 0) is 0 Å². The van der Waals surface area contributed by atoms with Gasteiger partial charge in [-0.2, -0.15) is 5.26 Å². The average Bonchev–Trinajstić information content (AvgIpc) is 2.30. The number of hydrogen-bond donors (Lipinski definition) is 1. The Balaban J connectivity index is 2.63. The zero-order valence-electron chi connectivity index (χ0n) is 10.1. The second-order valence-electron chi connectivity index (χ2n) is 3.67. The van der Waals surface area contributed by atoms with E-state index in [1.54, 1.807) is 0 Å². The number of nitriles is 1. The average molecular weight is 248 g/mol. The second kappa shape index (κ2) is 6.84. The van der Waals surface area contributed by atoms with Gasteiger partial charge in [-0.25, -0.2) is 5.01 Å². The minimum atomic E-state index is 0.439. The van der Waals surface area contributed by atoms with Crippen LogP contribution in [0.2, 0.25) is 0 Å². The van der Waals surface area contributed by atoms with E-state index >= 15 is 0 Å². The summed E-state index contributed by atoms with van der Waals surface area (Å²) in [5, 5.41) is 16.1. The van der Waals surface area contributed by atoms with E-state index in [1.807, 2.05) is 54.4 Å². The molecule has 0 aliphatic heterocycles. The fourth-order valence-electron chi connectivity index (χ4n) is 1.35. The molecule has 0 atom stereocenters. The van der Waals surface area contributed by atoms with Crippen molar-refractivity contribution in [3.05, 3.63) is 30.3 Å². The Bertz CT molecular complexity index is 397. The predicted octanol–water partition coefficient (Wildman–Crippen LogP) is 2.08. The van der Waals surface area contributed by atoms with Crippen molar-refractivity contribution < 1.29 is 0 Å². The molecule has 0 heterocycles. The molecule has 0 aromatic heterocycles. The number of anilines is 1. The van der Waals surface area contributed by atoms with E-state index in [4.69, 9.17) is 17.5 Å². The lowest BCUT2D eigenvalue weighted by Gasteiger charge is -2.30. The van der Waals surface area contributed by atoms with Crippen molar-refractivity contribution in [3.63, 3.8) is 0 Å². The van der Waals surface area contributed by atoms with Crippen LogP contribution in [0.25, 0.3) is 0 Å². The molecule has 1 rings (SSSR count). The van der Waals surface area contributed by atoms with Gasteiger partial charge < -0.3 is 5.32 Å². The monoisotopic (exact) mass is 248 g/mol. The Hall–Kier alpha value is -1.64. The molecular weight excluding hydrogens is 232 g/mol. The van der Waals surface area contributed by atoms with Gasteiger partial charge in [0.25, 0.3) is 0 Å². The van der Waals surface area contributed by atoms with Crippen molar-refractivity contribution in [2.45, 2.75) is 6.42 Å². The summed E-state index contributed by atoms with van der Waals surface area (Å²) >= 11 is 5.31. The summed E-state index contributed by atoms with van der Waals surface area (Å²) in [6, 6.07) is 11.9. The first kappa shape index (κ1) is 13.4. The molecule has 0 spiro atoms. The van der Waals surface area contributed by atoms with E-state index in [2.05, 4.69) is 11.4 Å². The third-order valence-electron chi connectivity index (χ3n) is 2.18. The van der Waals surface area contributed by atoms with Crippen molar-refractivity contribution in [1.82, 2.24) is 10.0 Å². The molecule has 1 N–H and O–H groups in total. The van der Waals surface area contributed by atoms with E-state index in [0.29, 0.717) is 18.1 Å². The molecule has 0 saturated carbocycles. The number of rotatable bonds is 4. The lowest BCUT2D eigenvalue weighted by molar-refractivity contribution is 0.116. The van der Waals surface area contributed by atoms with Crippen LogP contribution in [-0.4, -0.2) is 35.8 Å². The highest BCUT2D eigenvalue weighted by Crippen LogP contribution is 2.07. The summed E-state index contributed by atoms with van der Waals surface area (Å²) in [6.45, 7) is 0.585. The molecule has 0 fully saturated rings. The Morgan fingerprint density at radius 2 is 2.00 bits per heavy atom. The van der Waals surface area contributed by atoms with Crippen LogP contribution >= 0.6 is 12.2 Å². The second-order valence-corrected chi connectivity index (χ2v) is 4.06. The van der Waals surface area contributed by atoms with Crippen molar-refractivity contribution in [1.29, 1.82) is 5.26 Å². The van der Waals surface area contributed by atoms with Crippen LogP contribution in [0.4, 0.5) is 5.69 Å². The highest BCUT2D eigenvalue weighted by atomic mass is 32.1. The van der Waals surface area contributed by atoms with Gasteiger partial charge in [0.05, 0.1) is 12.5 Å². The van der Waals surface area contributed by atoms with Crippen LogP contribution < -0.4 is 5.32 Å². The lowest BCUT2D eigenvalue weighted by Crippen LogP contribution is -2.44. The molecule has 17 heavy (non-hydrogen) atoms. The maximum atomic E-state index is 8.61. The third-order valence-corrected chi connectivity index (χ3v) is 2.49. The van der Waals surface area contributed by atoms with Gasteiger partial charge in [0, 0.05) is 26.3 Å². The summed E-state index contributed by atoms with van der Waals surface area (Å²) in [5.41, 5.74) is 0.946. The van der Waals surface area contributed by atoms with E-state index in [1.165, 1.54) is 0 Å². The first-order valence-corrected chi connectivity index (χ1v) is 5.73. The molecule has 1 aromatic carbocycles. The molecule has 0 unspecified atom stereocenters. The Morgan fingerprint density at radius 3 is 2.53 bits per heavy atom. The Morgan fingerprint density at radius 1 is 1.35 bits per heavy atom. The standard InChI is InChI=1S/C12H16N4S/c1-15(2)16(10-6-9-13)12(17)14-11-7-4-3-5-8-11/h3-5,7-8H,6,10H2,1-2H3,(H,14,17). The van der Waals surface area contributed by atoms with Gasteiger partial charge in [0.2, 0.25) is 0 Å². The molecule has 0 aliphatic carbocycles. The lowest BCUT2D eigenvalue weighted by atomic mass is 10.3. The first-order valence-electron chi connectivity index (χ1n) is 5.33. The molecule has 0 saturated heterocycles. The summed E-state index contributed by atoms with van der Waals surface area (Å²) in [6.07, 6.45) is 0.439. The molecule has 0 radical (unpaired) electrons. The number of nitrogens with zero attached hydrogens (tertiary/aromatic N) is 3. The molecule has 0 bridgehead atoms. The SMILES string of the molecule is CN(C)N(CCC#N)C(=S)Nc1ccccc1. The predicted molar refractivity (Wildman–Crippen MR) is 73.3 cm³/mol. The number of thiocarbonyl (C=S) groups is 1. The smallest absolute Gasteiger partial charge is 0.188 e. The molecule has 0 aliphatic rings. The van der Waals surface area contributed by atoms with Crippen LogP contribution in [0.5, 0.6) is 0 Å². The number of hydrazine groups is 1. The van der Waals surface area contributed by atoms with E-state index < -0.39 is 0 Å². The van der Waals surface area contributed by atoms with Gasteiger partial charge in [-0.05, 0) is 24.4 Å². The van der Waals surface area contributed by atoms with Gasteiger partial charge >= 0.3 is 0 Å². The van der Waals surface area contributed by atoms with Crippen LogP contribution in [0.1, 0.15) is 6.42 Å². The van der Waals surface area contributed by atoms with Gasteiger partial charge in [-0.1, -0.05) is 18.2 Å². The van der Waals surface area contributed by atoms with Crippen LogP contribution in [0, 0.1) is 11.3 Å². The van der Waals surface area contributed by atoms with Crippen LogP contribution in [0.3, 0.4) is 0 Å². The summed E-state index contributed by atoms with van der Waals surface area (Å²) in [7, 11) is 3.80. The van der Waals surface area contributed by atoms with Crippen molar-refractivity contribution in [2.75, 3.05) is 26.0 Å².